The summed E-state index contributed by atoms with van der Waals surface area (Å²) in [6.07, 6.45) is 1.21. The number of aryl methyl sites for hydroxylation is 1. The molecule has 43 heavy (non-hydrogen) atoms. The molecule has 0 spiro atoms. The van der Waals surface area contributed by atoms with Gasteiger partial charge in [0.05, 0.1) is 4.47 Å². The predicted octanol–water partition coefficient (Wildman–Crippen LogP) is 7.06. The van der Waals surface area contributed by atoms with Gasteiger partial charge in [-0.15, -0.1) is 0 Å². The third kappa shape index (κ3) is 6.13. The average Bonchev–Trinajstić information content (AvgIpc) is 2.85. The molecule has 1 heterocycles. The molecule has 228 valence electrons. The summed E-state index contributed by atoms with van der Waals surface area (Å²) in [5.74, 6) is -2.48. The van der Waals surface area contributed by atoms with Gasteiger partial charge in [0.1, 0.15) is 11.4 Å². The zero-order valence-corrected chi connectivity index (χ0v) is 28.6. The molecular weight excluding hydrogens is 702 g/mol. The van der Waals surface area contributed by atoms with Crippen molar-refractivity contribution in [3.8, 4) is 5.75 Å². The minimum Gasteiger partial charge on any atom is -0.480 e. The summed E-state index contributed by atoms with van der Waals surface area (Å²) >= 11 is 6.99. The van der Waals surface area contributed by atoms with Crippen LogP contribution in [0, 0.1) is 17.8 Å². The van der Waals surface area contributed by atoms with Crippen molar-refractivity contribution in [3.05, 3.63) is 79.0 Å². The minimum atomic E-state index is -4.31. The highest BCUT2D eigenvalue weighted by Crippen LogP contribution is 2.56. The highest BCUT2D eigenvalue weighted by Gasteiger charge is 2.50. The molecule has 8 nitrogen and oxygen atoms in total. The summed E-state index contributed by atoms with van der Waals surface area (Å²) in [5, 5.41) is 9.94. The van der Waals surface area contributed by atoms with E-state index in [9.17, 15) is 27.9 Å². The quantitative estimate of drug-likeness (QED) is 0.314. The summed E-state index contributed by atoms with van der Waals surface area (Å²) < 4.78 is 33.8. The molecule has 2 aromatic rings. The van der Waals surface area contributed by atoms with Gasteiger partial charge in [0.2, 0.25) is 0 Å². The van der Waals surface area contributed by atoms with Gasteiger partial charge in [0.25, 0.3) is 0 Å². The Balaban J connectivity index is 1.80. The number of carbonyl (C=O) groups excluding carboxylic acids is 2. The first kappa shape index (κ1) is 31.7. The Morgan fingerprint density at radius 2 is 1.44 bits per heavy atom. The van der Waals surface area contributed by atoms with E-state index in [-0.39, 0.29) is 35.1 Å². The zero-order chi connectivity index (χ0) is 31.6. The number of carbonyl (C=O) groups is 3. The van der Waals surface area contributed by atoms with Gasteiger partial charge < -0.3 is 14.2 Å². The Bertz CT molecular complexity index is 1680. The molecule has 0 fully saturated rings. The third-order valence-corrected chi connectivity index (χ3v) is 10.4. The number of carboxylic acid groups (broad SMARTS) is 1. The number of halogens is 2. The molecule has 0 aromatic heterocycles. The van der Waals surface area contributed by atoms with Crippen LogP contribution in [-0.2, 0) is 24.5 Å². The lowest BCUT2D eigenvalue weighted by Gasteiger charge is -2.48. The molecule has 1 aliphatic heterocycles. The second kappa shape index (κ2) is 11.0. The van der Waals surface area contributed by atoms with Crippen LogP contribution in [0.15, 0.2) is 72.8 Å². The van der Waals surface area contributed by atoms with Crippen molar-refractivity contribution in [1.82, 2.24) is 4.90 Å². The Hall–Kier alpha value is -2.76. The average molecular weight is 735 g/mol. The smallest absolute Gasteiger partial charge is 0.339 e. The van der Waals surface area contributed by atoms with Gasteiger partial charge in [-0.05, 0) is 70.8 Å². The number of nitrogens with zero attached hydrogens (tertiary/aromatic N) is 1. The Morgan fingerprint density at radius 3 is 1.93 bits per heavy atom. The van der Waals surface area contributed by atoms with Crippen LogP contribution in [0.25, 0.3) is 0 Å². The third-order valence-electron chi connectivity index (χ3n) is 8.17. The molecule has 5 rings (SSSR count). The van der Waals surface area contributed by atoms with Crippen molar-refractivity contribution >= 4 is 59.5 Å². The van der Waals surface area contributed by atoms with Crippen LogP contribution in [0.3, 0.4) is 0 Å². The molecule has 0 amide bonds. The van der Waals surface area contributed by atoms with Crippen LogP contribution >= 0.6 is 31.9 Å². The molecular formula is C32H33Br2NO7S. The van der Waals surface area contributed by atoms with Gasteiger partial charge in [0, 0.05) is 51.3 Å². The molecule has 0 saturated carbocycles. The SMILES string of the molecule is Cc1ccc(S(=O)(=O)Oc2c(Br)cc(Br)cc2C2C3=C(CC(C)(C)CC3=O)N(CC(=O)O)C3=C2C(=O)CC(C)(C)C3)cc1. The zero-order valence-electron chi connectivity index (χ0n) is 24.6. The Labute approximate surface area is 268 Å². The van der Waals surface area contributed by atoms with E-state index in [4.69, 9.17) is 4.18 Å². The Kier molecular flexibility index (Phi) is 8.10. The number of rotatable bonds is 6. The van der Waals surface area contributed by atoms with Crippen molar-refractivity contribution in [1.29, 1.82) is 0 Å². The lowest BCUT2D eigenvalue weighted by molar-refractivity contribution is -0.138. The van der Waals surface area contributed by atoms with Gasteiger partial charge >= 0.3 is 16.1 Å². The normalized spacial score (nSPS) is 20.2. The van der Waals surface area contributed by atoms with E-state index >= 15 is 0 Å². The highest BCUT2D eigenvalue weighted by atomic mass is 79.9. The van der Waals surface area contributed by atoms with Crippen LogP contribution in [0.4, 0.5) is 0 Å². The molecule has 0 bridgehead atoms. The van der Waals surface area contributed by atoms with E-state index in [0.29, 0.717) is 49.9 Å². The topological polar surface area (TPSA) is 118 Å². The molecule has 11 heteroatoms. The fraction of sp³-hybridized carbons (Fsp3) is 0.406. The van der Waals surface area contributed by atoms with Crippen LogP contribution in [-0.4, -0.2) is 42.5 Å². The maximum Gasteiger partial charge on any atom is 0.339 e. The molecule has 2 aromatic carbocycles. The van der Waals surface area contributed by atoms with Crippen molar-refractivity contribution in [3.63, 3.8) is 0 Å². The molecule has 3 aliphatic rings. The first-order valence-corrected chi connectivity index (χ1v) is 16.9. The summed E-state index contributed by atoms with van der Waals surface area (Å²) in [5.41, 5.74) is 2.06. The van der Waals surface area contributed by atoms with Crippen molar-refractivity contribution in [2.75, 3.05) is 6.54 Å². The lowest BCUT2D eigenvalue weighted by Crippen LogP contribution is -2.45. The predicted molar refractivity (Wildman–Crippen MR) is 168 cm³/mol. The molecule has 1 N–H and O–H groups in total. The molecule has 0 unspecified atom stereocenters. The second-order valence-corrected chi connectivity index (χ2v) is 16.5. The van der Waals surface area contributed by atoms with Gasteiger partial charge in [-0.2, -0.15) is 8.42 Å². The fourth-order valence-corrected chi connectivity index (χ4v) is 8.85. The summed E-state index contributed by atoms with van der Waals surface area (Å²) in [4.78, 5) is 41.8. The largest absolute Gasteiger partial charge is 0.480 e. The highest BCUT2D eigenvalue weighted by molar-refractivity contribution is 9.11. The first-order valence-electron chi connectivity index (χ1n) is 13.9. The number of allylic oxidation sites excluding steroid dienone is 4. The summed E-state index contributed by atoms with van der Waals surface area (Å²) in [6, 6.07) is 9.59. The number of benzene rings is 2. The molecule has 0 atom stereocenters. The monoisotopic (exact) mass is 733 g/mol. The van der Waals surface area contributed by atoms with Crippen molar-refractivity contribution < 1.29 is 32.1 Å². The second-order valence-electron chi connectivity index (χ2n) is 13.2. The van der Waals surface area contributed by atoms with Crippen molar-refractivity contribution in [2.45, 2.75) is 71.1 Å². The lowest BCUT2D eigenvalue weighted by atomic mass is 9.63. The van der Waals surface area contributed by atoms with E-state index in [1.807, 2.05) is 34.6 Å². The van der Waals surface area contributed by atoms with Gasteiger partial charge in [0.15, 0.2) is 17.3 Å². The number of carboxylic acids is 1. The van der Waals surface area contributed by atoms with E-state index in [1.165, 1.54) is 12.1 Å². The van der Waals surface area contributed by atoms with E-state index in [2.05, 4.69) is 31.9 Å². The number of hydrogen-bond donors (Lipinski definition) is 1. The molecule has 0 saturated heterocycles. The Morgan fingerprint density at radius 1 is 0.930 bits per heavy atom. The summed E-state index contributed by atoms with van der Waals surface area (Å²) in [7, 11) is -4.31. The van der Waals surface area contributed by atoms with E-state index in [1.54, 1.807) is 29.2 Å². The van der Waals surface area contributed by atoms with E-state index in [0.717, 1.165) is 5.56 Å². The van der Waals surface area contributed by atoms with Gasteiger partial charge in [-0.25, -0.2) is 0 Å². The standard InChI is InChI=1S/C32H33Br2NO7S/c1-17-6-8-19(9-7-17)43(40,41)42-30-20(10-18(33)11-21(30)34)27-28-22(12-31(2,3)14-24(28)36)35(16-26(38)39)23-13-32(4,5)15-25(37)29(23)27/h6-11,27H,12-16H2,1-5H3,(H,38,39). The fourth-order valence-electron chi connectivity index (χ4n) is 6.43. The van der Waals surface area contributed by atoms with Crippen LogP contribution in [0.1, 0.15) is 70.4 Å². The molecule has 2 aliphatic carbocycles. The minimum absolute atomic E-state index is 0.0329. The number of ketones is 2. The van der Waals surface area contributed by atoms with Crippen molar-refractivity contribution in [2.24, 2.45) is 10.8 Å². The number of hydrogen-bond acceptors (Lipinski definition) is 7. The maximum absolute atomic E-state index is 14.0. The summed E-state index contributed by atoms with van der Waals surface area (Å²) in [6.45, 7) is 9.28. The molecule has 0 radical (unpaired) electrons. The number of Topliss-reactive ketones (excluding diaryl/α,β-unsaturated/α-hetero) is 2. The van der Waals surface area contributed by atoms with Gasteiger partial charge in [-0.3, -0.25) is 14.4 Å². The van der Waals surface area contributed by atoms with Gasteiger partial charge in [-0.1, -0.05) is 61.3 Å². The first-order chi connectivity index (χ1) is 19.9. The van der Waals surface area contributed by atoms with E-state index < -0.39 is 39.4 Å². The maximum atomic E-state index is 14.0. The van der Waals surface area contributed by atoms with Crippen LogP contribution in [0.2, 0.25) is 0 Å². The number of aliphatic carboxylic acids is 1. The van der Waals surface area contributed by atoms with Crippen LogP contribution < -0.4 is 4.18 Å². The van der Waals surface area contributed by atoms with Crippen LogP contribution in [0.5, 0.6) is 5.75 Å².